The zero-order valence-electron chi connectivity index (χ0n) is 13.7. The Morgan fingerprint density at radius 3 is 2.38 bits per heavy atom. The highest BCUT2D eigenvalue weighted by Crippen LogP contribution is 2.13. The first kappa shape index (κ1) is 17.2. The van der Waals surface area contributed by atoms with Gasteiger partial charge in [0.25, 0.3) is 0 Å². The van der Waals surface area contributed by atoms with Gasteiger partial charge in [-0.25, -0.2) is 9.97 Å². The van der Waals surface area contributed by atoms with Crippen molar-refractivity contribution in [3.63, 3.8) is 0 Å². The molecule has 0 aliphatic carbocycles. The van der Waals surface area contributed by atoms with E-state index in [1.807, 2.05) is 38.8 Å². The number of likely N-dealkylation sites (N-methyl/N-ethyl adjacent to an activating group) is 1. The Morgan fingerprint density at radius 1 is 1.24 bits per heavy atom. The van der Waals surface area contributed by atoms with Crippen molar-refractivity contribution in [2.45, 2.75) is 46.6 Å². The fourth-order valence-electron chi connectivity index (χ4n) is 2.13. The Hall–Kier alpha value is -1.85. The summed E-state index contributed by atoms with van der Waals surface area (Å²) in [4.78, 5) is 23.0. The van der Waals surface area contributed by atoms with E-state index >= 15 is 0 Å². The predicted molar refractivity (Wildman–Crippen MR) is 86.6 cm³/mol. The smallest absolute Gasteiger partial charge is 0.244 e. The monoisotopic (exact) mass is 293 g/mol. The zero-order valence-corrected chi connectivity index (χ0v) is 13.7. The fourth-order valence-corrected chi connectivity index (χ4v) is 2.13. The second kappa shape index (κ2) is 8.44. The molecule has 6 nitrogen and oxygen atoms in total. The third kappa shape index (κ3) is 4.88. The minimum atomic E-state index is -0.306. The third-order valence-electron chi connectivity index (χ3n) is 3.31. The quantitative estimate of drug-likeness (QED) is 0.768. The molecular formula is C15H27N5O. The van der Waals surface area contributed by atoms with Crippen molar-refractivity contribution in [2.24, 2.45) is 0 Å². The minimum Gasteiger partial charge on any atom is -0.373 e. The highest BCUT2D eigenvalue weighted by molar-refractivity contribution is 5.84. The average Bonchev–Trinajstić information content (AvgIpc) is 2.48. The van der Waals surface area contributed by atoms with E-state index in [0.29, 0.717) is 18.9 Å². The van der Waals surface area contributed by atoms with E-state index in [2.05, 4.69) is 27.5 Å². The number of carbonyl (C=O) groups is 1. The van der Waals surface area contributed by atoms with Gasteiger partial charge in [-0.3, -0.25) is 4.79 Å². The number of aryl methyl sites for hydroxylation is 1. The van der Waals surface area contributed by atoms with E-state index in [1.165, 1.54) is 0 Å². The van der Waals surface area contributed by atoms with Crippen LogP contribution in [0.5, 0.6) is 0 Å². The van der Waals surface area contributed by atoms with Crippen molar-refractivity contribution in [3.05, 3.63) is 11.9 Å². The van der Waals surface area contributed by atoms with Gasteiger partial charge in [0, 0.05) is 32.6 Å². The third-order valence-corrected chi connectivity index (χ3v) is 3.31. The van der Waals surface area contributed by atoms with Gasteiger partial charge in [0.05, 0.1) is 0 Å². The molecular weight excluding hydrogens is 266 g/mol. The summed E-state index contributed by atoms with van der Waals surface area (Å²) >= 11 is 0. The lowest BCUT2D eigenvalue weighted by Crippen LogP contribution is -2.41. The van der Waals surface area contributed by atoms with Gasteiger partial charge in [-0.1, -0.05) is 6.92 Å². The van der Waals surface area contributed by atoms with E-state index in [9.17, 15) is 4.79 Å². The number of hydrogen-bond donors (Lipinski definition) is 2. The first-order chi connectivity index (χ1) is 10.0. The van der Waals surface area contributed by atoms with Gasteiger partial charge in [-0.05, 0) is 27.2 Å². The first-order valence-electron chi connectivity index (χ1n) is 7.66. The van der Waals surface area contributed by atoms with E-state index in [-0.39, 0.29) is 11.9 Å². The Morgan fingerprint density at radius 2 is 1.86 bits per heavy atom. The van der Waals surface area contributed by atoms with Crippen molar-refractivity contribution in [2.75, 3.05) is 30.8 Å². The zero-order chi connectivity index (χ0) is 15.8. The topological polar surface area (TPSA) is 70.2 Å². The standard InChI is InChI=1S/C15H27N5O/c1-6-9-12-18-13(16-5)10-14(19-12)17-11(4)15(21)20(7-2)8-3/h10-11H,6-9H2,1-5H3,(H2,16,17,18,19). The lowest BCUT2D eigenvalue weighted by atomic mass is 10.2. The second-order valence-corrected chi connectivity index (χ2v) is 4.93. The van der Waals surface area contributed by atoms with Gasteiger partial charge in [0.2, 0.25) is 5.91 Å². The van der Waals surface area contributed by atoms with Gasteiger partial charge in [-0.2, -0.15) is 0 Å². The van der Waals surface area contributed by atoms with Crippen molar-refractivity contribution < 1.29 is 4.79 Å². The lowest BCUT2D eigenvalue weighted by Gasteiger charge is -2.24. The number of hydrogen-bond acceptors (Lipinski definition) is 5. The molecule has 2 N–H and O–H groups in total. The molecule has 0 fully saturated rings. The van der Waals surface area contributed by atoms with Gasteiger partial charge >= 0.3 is 0 Å². The Bertz CT molecular complexity index is 459. The normalized spacial score (nSPS) is 11.9. The van der Waals surface area contributed by atoms with Crippen LogP contribution >= 0.6 is 0 Å². The molecule has 21 heavy (non-hydrogen) atoms. The van der Waals surface area contributed by atoms with Gasteiger partial charge in [0.1, 0.15) is 23.5 Å². The number of nitrogens with one attached hydrogen (secondary N) is 2. The van der Waals surface area contributed by atoms with Crippen LogP contribution in [0.25, 0.3) is 0 Å². The van der Waals surface area contributed by atoms with Crippen molar-refractivity contribution in [3.8, 4) is 0 Å². The number of nitrogens with zero attached hydrogens (tertiary/aromatic N) is 3. The molecule has 0 spiro atoms. The summed E-state index contributed by atoms with van der Waals surface area (Å²) in [6.45, 7) is 9.35. The summed E-state index contributed by atoms with van der Waals surface area (Å²) < 4.78 is 0. The molecule has 0 aliphatic heterocycles. The predicted octanol–water partition coefficient (Wildman–Crippen LogP) is 2.14. The maximum Gasteiger partial charge on any atom is 0.244 e. The number of amides is 1. The van der Waals surface area contributed by atoms with E-state index in [4.69, 9.17) is 0 Å². The van der Waals surface area contributed by atoms with Crippen LogP contribution < -0.4 is 10.6 Å². The van der Waals surface area contributed by atoms with E-state index < -0.39 is 0 Å². The molecule has 1 aromatic heterocycles. The molecule has 0 aliphatic rings. The Kier molecular flexibility index (Phi) is 6.91. The van der Waals surface area contributed by atoms with E-state index in [1.54, 1.807) is 0 Å². The van der Waals surface area contributed by atoms with Crippen LogP contribution in [0.3, 0.4) is 0 Å². The summed E-state index contributed by atoms with van der Waals surface area (Å²) in [5, 5.41) is 6.21. The molecule has 0 saturated heterocycles. The summed E-state index contributed by atoms with van der Waals surface area (Å²) in [5.41, 5.74) is 0. The van der Waals surface area contributed by atoms with Crippen LogP contribution in [0.15, 0.2) is 6.07 Å². The van der Waals surface area contributed by atoms with Crippen LogP contribution in [-0.4, -0.2) is 47.0 Å². The fraction of sp³-hybridized carbons (Fsp3) is 0.667. The molecule has 1 unspecified atom stereocenters. The van der Waals surface area contributed by atoms with Crippen LogP contribution in [0, 0.1) is 0 Å². The summed E-state index contributed by atoms with van der Waals surface area (Å²) in [5.74, 6) is 2.32. The highest BCUT2D eigenvalue weighted by Gasteiger charge is 2.18. The number of carbonyl (C=O) groups excluding carboxylic acids is 1. The maximum atomic E-state index is 12.3. The largest absolute Gasteiger partial charge is 0.373 e. The Labute approximate surface area is 127 Å². The minimum absolute atomic E-state index is 0.0849. The summed E-state index contributed by atoms with van der Waals surface area (Å²) in [6, 6.07) is 1.52. The number of aromatic nitrogens is 2. The lowest BCUT2D eigenvalue weighted by molar-refractivity contribution is -0.131. The number of anilines is 2. The number of rotatable bonds is 8. The van der Waals surface area contributed by atoms with Crippen molar-refractivity contribution in [1.82, 2.24) is 14.9 Å². The van der Waals surface area contributed by atoms with Crippen molar-refractivity contribution in [1.29, 1.82) is 0 Å². The summed E-state index contributed by atoms with van der Waals surface area (Å²) in [6.07, 6.45) is 1.81. The molecule has 1 aromatic rings. The average molecular weight is 293 g/mol. The van der Waals surface area contributed by atoms with Crippen molar-refractivity contribution >= 4 is 17.5 Å². The molecule has 0 bridgehead atoms. The molecule has 1 heterocycles. The molecule has 0 saturated carbocycles. The molecule has 0 radical (unpaired) electrons. The van der Waals surface area contributed by atoms with Crippen LogP contribution in [0.4, 0.5) is 11.6 Å². The molecule has 118 valence electrons. The maximum absolute atomic E-state index is 12.3. The second-order valence-electron chi connectivity index (χ2n) is 4.93. The molecule has 1 atom stereocenters. The summed E-state index contributed by atoms with van der Waals surface area (Å²) in [7, 11) is 1.83. The highest BCUT2D eigenvalue weighted by atomic mass is 16.2. The van der Waals surface area contributed by atoms with E-state index in [0.717, 1.165) is 24.5 Å². The van der Waals surface area contributed by atoms with Crippen LogP contribution in [-0.2, 0) is 11.2 Å². The molecule has 0 aromatic carbocycles. The van der Waals surface area contributed by atoms with Gasteiger partial charge < -0.3 is 15.5 Å². The van der Waals surface area contributed by atoms with Crippen LogP contribution in [0.1, 0.15) is 39.9 Å². The van der Waals surface area contributed by atoms with Crippen LogP contribution in [0.2, 0.25) is 0 Å². The van der Waals surface area contributed by atoms with Gasteiger partial charge in [0.15, 0.2) is 0 Å². The van der Waals surface area contributed by atoms with Gasteiger partial charge in [-0.15, -0.1) is 0 Å². The molecule has 1 amide bonds. The Balaban J connectivity index is 2.85. The SMILES string of the molecule is CCCc1nc(NC)cc(NC(C)C(=O)N(CC)CC)n1. The first-order valence-corrected chi connectivity index (χ1v) is 7.66. The molecule has 1 rings (SSSR count). The molecule has 6 heteroatoms.